The maximum atomic E-state index is 6.41. The Morgan fingerprint density at radius 3 is 2.40 bits per heavy atom. The average Bonchev–Trinajstić information content (AvgIpc) is 2.74. The fourth-order valence-electron chi connectivity index (χ4n) is 2.71. The molecule has 1 nitrogen and oxygen atoms in total. The van der Waals surface area contributed by atoms with Gasteiger partial charge in [-0.25, -0.2) is 0 Å². The lowest BCUT2D eigenvalue weighted by atomic mass is 9.93. The van der Waals surface area contributed by atoms with Crippen LogP contribution in [0.5, 0.6) is 0 Å². The molecule has 1 aliphatic heterocycles. The van der Waals surface area contributed by atoms with Gasteiger partial charge < -0.3 is 4.90 Å². The fraction of sp³-hybridized carbons (Fsp3) is 0.333. The lowest BCUT2D eigenvalue weighted by molar-refractivity contribution is 0.444. The third-order valence-electron chi connectivity index (χ3n) is 4.08. The molecule has 1 heterocycles. The molecule has 0 aromatic heterocycles. The highest BCUT2D eigenvalue weighted by atomic mass is 35.5. The van der Waals surface area contributed by atoms with Crippen molar-refractivity contribution in [2.45, 2.75) is 60.9 Å². The average molecular weight is 447 g/mol. The van der Waals surface area contributed by atoms with Crippen LogP contribution in [-0.2, 0) is 0 Å². The number of nitrogens with zero attached hydrogens (tertiary/aromatic N) is 1. The first kappa shape index (κ1) is 28.0. The second kappa shape index (κ2) is 15.8. The van der Waals surface area contributed by atoms with Crippen molar-refractivity contribution in [3.8, 4) is 0 Å². The van der Waals surface area contributed by atoms with Crippen molar-refractivity contribution >= 4 is 28.8 Å². The molecule has 0 aliphatic carbocycles. The van der Waals surface area contributed by atoms with E-state index in [0.717, 1.165) is 22.3 Å². The summed E-state index contributed by atoms with van der Waals surface area (Å²) in [5.41, 5.74) is 4.20. The van der Waals surface area contributed by atoms with Crippen LogP contribution in [0.15, 0.2) is 84.8 Å². The van der Waals surface area contributed by atoms with E-state index in [0.29, 0.717) is 16.1 Å². The van der Waals surface area contributed by atoms with Crippen LogP contribution in [0.4, 0.5) is 0 Å². The number of benzene rings is 1. The molecule has 3 heteroatoms. The van der Waals surface area contributed by atoms with Crippen molar-refractivity contribution in [2.24, 2.45) is 0 Å². The van der Waals surface area contributed by atoms with Gasteiger partial charge in [0.2, 0.25) is 0 Å². The van der Waals surface area contributed by atoms with Gasteiger partial charge in [0.15, 0.2) is 0 Å². The zero-order valence-corrected chi connectivity index (χ0v) is 21.1. The number of rotatable bonds is 5. The Hall–Kier alpha value is -1.96. The normalized spacial score (nSPS) is 16.4. The molecule has 0 saturated carbocycles. The Kier molecular flexibility index (Phi) is 14.8. The summed E-state index contributed by atoms with van der Waals surface area (Å²) in [7, 11) is 0. The lowest BCUT2D eigenvalue weighted by Gasteiger charge is -2.27. The quantitative estimate of drug-likeness (QED) is 0.407. The highest BCUT2D eigenvalue weighted by Gasteiger charge is 2.15. The van der Waals surface area contributed by atoms with Gasteiger partial charge in [-0.1, -0.05) is 100 Å². The van der Waals surface area contributed by atoms with Crippen LogP contribution in [0.3, 0.4) is 0 Å². The predicted octanol–water partition coefficient (Wildman–Crippen LogP) is 9.63. The van der Waals surface area contributed by atoms with E-state index in [4.69, 9.17) is 23.2 Å². The summed E-state index contributed by atoms with van der Waals surface area (Å²) in [6.07, 6.45) is 17.6. The van der Waals surface area contributed by atoms with Gasteiger partial charge in [-0.05, 0) is 67.5 Å². The van der Waals surface area contributed by atoms with Crippen molar-refractivity contribution < 1.29 is 0 Å². The lowest BCUT2D eigenvalue weighted by Crippen LogP contribution is -2.23. The molecule has 1 aromatic carbocycles. The van der Waals surface area contributed by atoms with E-state index in [1.54, 1.807) is 12.1 Å². The van der Waals surface area contributed by atoms with Crippen LogP contribution in [0.25, 0.3) is 5.57 Å². The van der Waals surface area contributed by atoms with Gasteiger partial charge in [0.1, 0.15) is 0 Å². The van der Waals surface area contributed by atoms with E-state index < -0.39 is 0 Å². The summed E-state index contributed by atoms with van der Waals surface area (Å²) in [6.45, 7) is 18.3. The molecular weight excluding hydrogens is 409 g/mol. The van der Waals surface area contributed by atoms with Crippen molar-refractivity contribution in [1.82, 2.24) is 4.90 Å². The minimum atomic E-state index is 0.319. The van der Waals surface area contributed by atoms with E-state index in [-0.39, 0.29) is 0 Å². The van der Waals surface area contributed by atoms with E-state index in [9.17, 15) is 0 Å². The first-order valence-corrected chi connectivity index (χ1v) is 11.4. The Morgan fingerprint density at radius 1 is 1.20 bits per heavy atom. The topological polar surface area (TPSA) is 3.24 Å². The molecule has 1 atom stereocenters. The molecule has 0 bridgehead atoms. The van der Waals surface area contributed by atoms with E-state index in [2.05, 4.69) is 69.8 Å². The first-order chi connectivity index (χ1) is 14.4. The van der Waals surface area contributed by atoms with Crippen molar-refractivity contribution in [3.05, 3.63) is 100 Å². The van der Waals surface area contributed by atoms with Crippen molar-refractivity contribution in [1.29, 1.82) is 0 Å². The minimum absolute atomic E-state index is 0.319. The van der Waals surface area contributed by atoms with E-state index in [1.165, 1.54) is 6.42 Å². The zero-order chi connectivity index (χ0) is 23.1. The van der Waals surface area contributed by atoms with Crippen LogP contribution in [0.1, 0.15) is 60.5 Å². The van der Waals surface area contributed by atoms with Gasteiger partial charge in [0, 0.05) is 22.3 Å². The van der Waals surface area contributed by atoms with Crippen LogP contribution < -0.4 is 0 Å². The highest BCUT2D eigenvalue weighted by Crippen LogP contribution is 2.33. The van der Waals surface area contributed by atoms with Crippen molar-refractivity contribution in [3.63, 3.8) is 0 Å². The van der Waals surface area contributed by atoms with Crippen LogP contribution >= 0.6 is 23.2 Å². The van der Waals surface area contributed by atoms with Gasteiger partial charge in [-0.3, -0.25) is 0 Å². The van der Waals surface area contributed by atoms with Gasteiger partial charge in [0.25, 0.3) is 0 Å². The summed E-state index contributed by atoms with van der Waals surface area (Å²) >= 11 is 12.6. The maximum absolute atomic E-state index is 6.41. The molecule has 0 fully saturated rings. The Labute approximate surface area is 194 Å². The second-order valence-corrected chi connectivity index (χ2v) is 7.42. The third kappa shape index (κ3) is 8.81. The summed E-state index contributed by atoms with van der Waals surface area (Å²) < 4.78 is 0. The monoisotopic (exact) mass is 445 g/mol. The molecule has 0 radical (unpaired) electrons. The number of allylic oxidation sites excluding steroid dienone is 8. The molecule has 0 spiro atoms. The molecule has 30 heavy (non-hydrogen) atoms. The predicted molar refractivity (Wildman–Crippen MR) is 139 cm³/mol. The molecule has 0 amide bonds. The summed E-state index contributed by atoms with van der Waals surface area (Å²) in [4.78, 5) is 2.18. The van der Waals surface area contributed by atoms with Crippen molar-refractivity contribution in [2.75, 3.05) is 0 Å². The third-order valence-corrected chi connectivity index (χ3v) is 4.65. The second-order valence-electron chi connectivity index (χ2n) is 6.58. The van der Waals surface area contributed by atoms with Crippen LogP contribution in [0, 0.1) is 0 Å². The Morgan fingerprint density at radius 2 is 1.83 bits per heavy atom. The van der Waals surface area contributed by atoms with Gasteiger partial charge in [-0.15, -0.1) is 0 Å². The number of halogens is 2. The maximum Gasteiger partial charge on any atom is 0.0485 e. The smallest absolute Gasteiger partial charge is 0.0485 e. The zero-order valence-electron chi connectivity index (χ0n) is 19.5. The van der Waals surface area contributed by atoms with Gasteiger partial charge >= 0.3 is 0 Å². The fourth-order valence-corrected chi connectivity index (χ4v) is 3.14. The molecular formula is C27H37Cl2N. The molecule has 0 N–H and O–H groups in total. The number of hydrogen-bond acceptors (Lipinski definition) is 1. The molecule has 1 aliphatic rings. The largest absolute Gasteiger partial charge is 0.347 e. The summed E-state index contributed by atoms with van der Waals surface area (Å²) in [5.74, 6) is 0. The first-order valence-electron chi connectivity index (χ1n) is 10.7. The van der Waals surface area contributed by atoms with Crippen LogP contribution in [-0.4, -0.2) is 10.9 Å². The van der Waals surface area contributed by atoms with Gasteiger partial charge in [0.05, 0.1) is 0 Å². The van der Waals surface area contributed by atoms with Gasteiger partial charge in [-0.2, -0.15) is 0 Å². The highest BCUT2D eigenvalue weighted by molar-refractivity contribution is 6.34. The molecule has 0 saturated heterocycles. The Balaban J connectivity index is 0.00000154. The molecule has 164 valence electrons. The minimum Gasteiger partial charge on any atom is -0.347 e. The summed E-state index contributed by atoms with van der Waals surface area (Å²) in [5, 5.41) is 1.36. The standard InChI is InChI=1S/C22H23Cl2N.C3H8.C2H6/c1-5-7-8-20(17(4)21-14-19(23)11-12-22(21)24)18-10-9-16(3)25(15-18)13-6-2;1-3-2;1-2/h5-16H,1H2,2-4H3;3H2,1-2H3;1-2H3/b8-7-,13-6-,20-17-;;. The van der Waals surface area contributed by atoms with E-state index >= 15 is 0 Å². The Bertz CT molecular complexity index is 810. The van der Waals surface area contributed by atoms with Crippen LogP contribution in [0.2, 0.25) is 10.0 Å². The molecule has 1 unspecified atom stereocenters. The summed E-state index contributed by atoms with van der Waals surface area (Å²) in [6, 6.07) is 5.85. The molecule has 1 aromatic rings. The number of hydrogen-bond donors (Lipinski definition) is 0. The SMILES string of the molecule is C=C/C=C\C(C1=CN(/C=C\C)C(C)C=C1)=C(/C)c1cc(Cl)ccc1Cl.CC.CCC. The molecule has 2 rings (SSSR count). The van der Waals surface area contributed by atoms with E-state index in [1.807, 2.05) is 45.1 Å².